The van der Waals surface area contributed by atoms with Crippen molar-refractivity contribution in [3.05, 3.63) is 0 Å². The Labute approximate surface area is 140 Å². The Balaban J connectivity index is -0.0000000150. The molecular formula is CK2O3Pd. The van der Waals surface area contributed by atoms with E-state index in [2.05, 4.69) is 0 Å². The van der Waals surface area contributed by atoms with Crippen molar-refractivity contribution < 1.29 is 138 Å². The molecule has 34 valence electrons. The van der Waals surface area contributed by atoms with Crippen molar-refractivity contribution in [1.29, 1.82) is 0 Å². The van der Waals surface area contributed by atoms with Gasteiger partial charge < -0.3 is 15.0 Å². The second-order valence-corrected chi connectivity index (χ2v) is 0.250. The van der Waals surface area contributed by atoms with E-state index in [1.807, 2.05) is 0 Å². The van der Waals surface area contributed by atoms with E-state index in [0.717, 1.165) is 0 Å². The van der Waals surface area contributed by atoms with Gasteiger partial charge in [-0.05, 0) is 6.16 Å². The molecule has 3 nitrogen and oxygen atoms in total. The molecule has 0 aliphatic carbocycles. The molecule has 0 aromatic rings. The van der Waals surface area contributed by atoms with Crippen LogP contribution in [0.5, 0.6) is 0 Å². The summed E-state index contributed by atoms with van der Waals surface area (Å²) in [6.07, 6.45) is -2.33. The third-order valence-electron chi connectivity index (χ3n) is 0. The van der Waals surface area contributed by atoms with Gasteiger partial charge in [0.05, 0.1) is 0 Å². The summed E-state index contributed by atoms with van der Waals surface area (Å²) in [6, 6.07) is 0. The van der Waals surface area contributed by atoms with Crippen molar-refractivity contribution >= 4 is 6.16 Å². The first-order valence-corrected chi connectivity index (χ1v) is 0.612. The van der Waals surface area contributed by atoms with Gasteiger partial charge in [-0.25, -0.2) is 0 Å². The molecule has 0 fully saturated rings. The number of carboxylic acid groups (broad SMARTS) is 2. The Bertz CT molecular complexity index is 35.9. The molecule has 0 saturated carbocycles. The summed E-state index contributed by atoms with van der Waals surface area (Å²) in [7, 11) is 0. The van der Waals surface area contributed by atoms with Gasteiger partial charge in [0.1, 0.15) is 0 Å². The van der Waals surface area contributed by atoms with Gasteiger partial charge >= 0.3 is 103 Å². The van der Waals surface area contributed by atoms with Gasteiger partial charge in [-0.15, -0.1) is 0 Å². The zero-order chi connectivity index (χ0) is 3.58. The predicted molar refractivity (Wildman–Crippen MR) is 5.40 cm³/mol. The summed E-state index contributed by atoms with van der Waals surface area (Å²) in [6.45, 7) is 0. The second-order valence-electron chi connectivity index (χ2n) is 0.250. The van der Waals surface area contributed by atoms with Crippen LogP contribution in [-0.4, -0.2) is 6.16 Å². The van der Waals surface area contributed by atoms with Crippen molar-refractivity contribution in [2.75, 3.05) is 0 Å². The fourth-order valence-corrected chi connectivity index (χ4v) is 0. The molecular weight excluding hydrogens is 245 g/mol. The third-order valence-corrected chi connectivity index (χ3v) is 0. The molecule has 0 bridgehead atoms. The fraction of sp³-hybridized carbons (Fsp3) is 0. The average Bonchev–Trinajstić information content (AvgIpc) is 0.811. The van der Waals surface area contributed by atoms with Crippen LogP contribution in [-0.2, 0) is 20.4 Å². The van der Waals surface area contributed by atoms with Gasteiger partial charge in [-0.1, -0.05) is 0 Å². The van der Waals surface area contributed by atoms with Crippen LogP contribution < -0.4 is 113 Å². The molecule has 0 saturated heterocycles. The molecule has 0 aliphatic heterocycles. The number of rotatable bonds is 0. The van der Waals surface area contributed by atoms with E-state index < -0.39 is 6.16 Å². The summed E-state index contributed by atoms with van der Waals surface area (Å²) in [5, 5.41) is 16.7. The molecule has 0 heterocycles. The maximum Gasteiger partial charge on any atom is 1.00 e. The minimum absolute atomic E-state index is 0. The smallest absolute Gasteiger partial charge is 0.652 e. The van der Waals surface area contributed by atoms with Crippen molar-refractivity contribution in [3.63, 3.8) is 0 Å². The zero-order valence-electron chi connectivity index (χ0n) is 4.04. The maximum absolute atomic E-state index is 8.33. The summed E-state index contributed by atoms with van der Waals surface area (Å²) >= 11 is 0. The molecule has 0 aromatic heterocycles. The van der Waals surface area contributed by atoms with E-state index in [1.54, 1.807) is 0 Å². The predicted octanol–water partition coefficient (Wildman–Crippen LogP) is -8.44. The van der Waals surface area contributed by atoms with Crippen molar-refractivity contribution in [1.82, 2.24) is 0 Å². The van der Waals surface area contributed by atoms with Crippen LogP contribution in [0.4, 0.5) is 4.79 Å². The van der Waals surface area contributed by atoms with Crippen LogP contribution in [0, 0.1) is 0 Å². The number of hydrogen-bond acceptors (Lipinski definition) is 3. The standard InChI is InChI=1S/CH2O3.2K.Pd/c2-1(3)4;;;/h(H2,2,3,4);;;/q;2*+1;/p-2. The minimum atomic E-state index is -2.33. The van der Waals surface area contributed by atoms with E-state index in [9.17, 15) is 0 Å². The Morgan fingerprint density at radius 2 is 1.14 bits per heavy atom. The molecule has 0 aromatic carbocycles. The first-order valence-electron chi connectivity index (χ1n) is 0.612. The number of hydrogen-bond donors (Lipinski definition) is 0. The summed E-state index contributed by atoms with van der Waals surface area (Å²) < 4.78 is 0. The monoisotopic (exact) mass is 244 g/mol. The van der Waals surface area contributed by atoms with E-state index in [1.165, 1.54) is 0 Å². The third kappa shape index (κ3) is 46.5. The van der Waals surface area contributed by atoms with Gasteiger partial charge in [-0.3, -0.25) is 0 Å². The van der Waals surface area contributed by atoms with E-state index >= 15 is 0 Å². The van der Waals surface area contributed by atoms with Gasteiger partial charge in [0.2, 0.25) is 0 Å². The molecule has 0 aliphatic rings. The Kier molecular flexibility index (Phi) is 51.6. The second kappa shape index (κ2) is 16.1. The summed E-state index contributed by atoms with van der Waals surface area (Å²) in [4.78, 5) is 8.33. The Morgan fingerprint density at radius 1 is 1.14 bits per heavy atom. The van der Waals surface area contributed by atoms with Crippen LogP contribution in [0.3, 0.4) is 0 Å². The van der Waals surface area contributed by atoms with Crippen molar-refractivity contribution in [3.8, 4) is 0 Å². The molecule has 7 heavy (non-hydrogen) atoms. The Morgan fingerprint density at radius 3 is 1.14 bits per heavy atom. The van der Waals surface area contributed by atoms with E-state index in [4.69, 9.17) is 15.0 Å². The largest absolute Gasteiger partial charge is 1.00 e. The fourth-order valence-electron chi connectivity index (χ4n) is 0. The Hall–Kier alpha value is 3.21. The number of carbonyl (C=O) groups is 1. The van der Waals surface area contributed by atoms with Crippen LogP contribution in [0.2, 0.25) is 0 Å². The molecule has 0 atom stereocenters. The minimum Gasteiger partial charge on any atom is -0.652 e. The van der Waals surface area contributed by atoms with Gasteiger partial charge in [0.25, 0.3) is 0 Å². The van der Waals surface area contributed by atoms with Crippen molar-refractivity contribution in [2.24, 2.45) is 0 Å². The number of carbonyl (C=O) groups excluding carboxylic acids is 1. The summed E-state index contributed by atoms with van der Waals surface area (Å²) in [5.41, 5.74) is 0. The van der Waals surface area contributed by atoms with Gasteiger partial charge in [0, 0.05) is 20.4 Å². The quantitative estimate of drug-likeness (QED) is 0.398. The van der Waals surface area contributed by atoms with E-state index in [-0.39, 0.29) is 123 Å². The van der Waals surface area contributed by atoms with E-state index in [0.29, 0.717) is 0 Å². The normalized spacial score (nSPS) is 3.43. The van der Waals surface area contributed by atoms with Crippen LogP contribution in [0.15, 0.2) is 0 Å². The van der Waals surface area contributed by atoms with Crippen molar-refractivity contribution in [2.45, 2.75) is 0 Å². The molecule has 0 N–H and O–H groups in total. The SMILES string of the molecule is O=C([O-])[O-].[K+].[K+].[Pd]. The van der Waals surface area contributed by atoms with Crippen LogP contribution >= 0.6 is 0 Å². The molecule has 0 unspecified atom stereocenters. The molecule has 0 radical (unpaired) electrons. The molecule has 0 spiro atoms. The van der Waals surface area contributed by atoms with Gasteiger partial charge in [-0.2, -0.15) is 0 Å². The molecule has 6 heteroatoms. The van der Waals surface area contributed by atoms with Gasteiger partial charge in [0.15, 0.2) is 0 Å². The van der Waals surface area contributed by atoms with Crippen LogP contribution in [0.25, 0.3) is 0 Å². The molecule has 0 amide bonds. The van der Waals surface area contributed by atoms with Crippen LogP contribution in [0.1, 0.15) is 0 Å². The summed E-state index contributed by atoms with van der Waals surface area (Å²) in [5.74, 6) is 0. The average molecular weight is 245 g/mol. The molecule has 0 rings (SSSR count). The maximum atomic E-state index is 8.33. The topological polar surface area (TPSA) is 63.2 Å². The zero-order valence-corrected chi connectivity index (χ0v) is 11.8. The first kappa shape index (κ1) is 22.5. The first-order chi connectivity index (χ1) is 1.73.